The molecule has 0 heterocycles. The number of nitrogen functional groups attached to an aromatic ring is 1. The Morgan fingerprint density at radius 3 is 2.25 bits per heavy atom. The number of hydrogen-bond acceptors (Lipinski definition) is 2. The zero-order chi connectivity index (χ0) is 8.43. The molecule has 6 heteroatoms. The molecule has 3 nitrogen and oxygen atoms in total. The summed E-state index contributed by atoms with van der Waals surface area (Å²) in [6.45, 7) is 0. The van der Waals surface area contributed by atoms with Crippen LogP contribution in [0.4, 0.5) is 17.1 Å². The Balaban J connectivity index is 0.00000121. The fourth-order valence-corrected chi connectivity index (χ4v) is 1.08. The predicted molar refractivity (Wildman–Crippen MR) is 48.8 cm³/mol. The van der Waals surface area contributed by atoms with Crippen LogP contribution < -0.4 is 8.60 Å². The molecule has 0 amide bonds. The predicted octanol–water partition coefficient (Wildman–Crippen LogP) is 0.926. The maximum absolute atomic E-state index is 7.34. The zero-order valence-corrected chi connectivity index (χ0v) is 12.0. The van der Waals surface area contributed by atoms with Gasteiger partial charge in [0.2, 0.25) is 0 Å². The third-order valence-electron chi connectivity index (χ3n) is 1.24. The topological polar surface area (TPSA) is 53.1 Å². The molecule has 0 atom stereocenters. The minimum absolute atomic E-state index is 0. The van der Waals surface area contributed by atoms with Gasteiger partial charge in [-0.25, -0.2) is 0 Å². The number of nitrogens with two attached hydrogens (primary N) is 1. The summed E-state index contributed by atoms with van der Waals surface area (Å²) in [5.74, 6) is 0. The molecule has 0 saturated carbocycles. The van der Waals surface area contributed by atoms with Gasteiger partial charge >= 0.3 is 0 Å². The number of rotatable bonds is 1. The Bertz CT molecular complexity index is 247. The van der Waals surface area contributed by atoms with Crippen molar-refractivity contribution in [3.63, 3.8) is 0 Å². The summed E-state index contributed by atoms with van der Waals surface area (Å²) in [6.07, 6.45) is 0. The van der Waals surface area contributed by atoms with E-state index in [1.54, 1.807) is 21.1 Å². The molecular formula is C6H6Al2N3Pu-. The summed E-state index contributed by atoms with van der Waals surface area (Å²) < 4.78 is 1.76. The van der Waals surface area contributed by atoms with Gasteiger partial charge in [-0.1, -0.05) is 12.1 Å². The van der Waals surface area contributed by atoms with E-state index in [0.29, 0.717) is 11.4 Å². The molecule has 3 N–H and O–H groups in total. The quantitative estimate of drug-likeness (QED) is 0.545. The fraction of sp³-hybridized carbons (Fsp3) is 0. The van der Waals surface area contributed by atoms with Crippen molar-refractivity contribution in [1.82, 2.24) is 0 Å². The van der Waals surface area contributed by atoms with Crippen molar-refractivity contribution in [3.8, 4) is 0 Å². The molecule has 0 aliphatic heterocycles. The van der Waals surface area contributed by atoms with Gasteiger partial charge in [0.1, 0.15) is 0 Å². The monoisotopic (exact) mass is 412 g/mol. The Morgan fingerprint density at radius 1 is 1.25 bits per heavy atom. The van der Waals surface area contributed by atoms with Crippen LogP contribution in [0.1, 0.15) is 0 Å². The second-order valence-corrected chi connectivity index (χ2v) is 3.93. The Labute approximate surface area is 111 Å². The van der Waals surface area contributed by atoms with E-state index in [9.17, 15) is 0 Å². The van der Waals surface area contributed by atoms with Gasteiger partial charge < -0.3 is 14.3 Å². The first kappa shape index (κ1) is 12.7. The molecule has 4 radical (unpaired) electrons. The minimum Gasteiger partial charge on any atom is -0.699 e. The van der Waals surface area contributed by atoms with Crippen molar-refractivity contribution >= 4 is 50.1 Å². The van der Waals surface area contributed by atoms with E-state index in [2.05, 4.69) is 33.0 Å². The van der Waals surface area contributed by atoms with Crippen molar-refractivity contribution in [2.75, 3.05) is 8.60 Å². The number of hydrogen-bond donors (Lipinski definition) is 1. The van der Waals surface area contributed by atoms with E-state index >= 15 is 0 Å². The normalized spacial score (nSPS) is 8.67. The van der Waals surface area contributed by atoms with Crippen LogP contribution >= 0.6 is 0 Å². The second-order valence-electron chi connectivity index (χ2n) is 2.22. The fourth-order valence-electron chi connectivity index (χ4n) is 0.784. The molecule has 12 heavy (non-hydrogen) atoms. The third kappa shape index (κ3) is 3.59. The van der Waals surface area contributed by atoms with Gasteiger partial charge in [-0.2, -0.15) is 0 Å². The smallest absolute Gasteiger partial charge is 0.277 e. The number of nitrogens with one attached hydrogen (secondary N) is 1. The van der Waals surface area contributed by atoms with E-state index < -0.39 is 0 Å². The molecule has 0 bridgehead atoms. The van der Waals surface area contributed by atoms with Crippen LogP contribution in [0.25, 0.3) is 5.73 Å². The molecule has 1 rings (SSSR count). The standard InChI is InChI=1S/C6H6N3.2Al.Pu/c7-4-1-5(8)3-6(9)2-4;;;/h1-3,7H,8H2;;;/q-1;;;. The maximum Gasteiger partial charge on any atom is 0.277 e. The van der Waals surface area contributed by atoms with Gasteiger partial charge in [-0.05, 0) is 11.8 Å². The first-order valence-electron chi connectivity index (χ1n) is 3.01. The summed E-state index contributed by atoms with van der Waals surface area (Å²) in [7, 11) is 0. The SMILES string of the molecule is [NH-]c1cc(N)cc([N]([Al])[Al])c1.[Pu]. The zero-order valence-electron chi connectivity index (χ0n) is 6.32. The molecule has 0 fully saturated rings. The summed E-state index contributed by atoms with van der Waals surface area (Å²) in [6, 6.07) is 5.15. The van der Waals surface area contributed by atoms with Crippen LogP contribution in [-0.2, 0) is 0 Å². The Hall–Kier alpha value is 0.672. The summed E-state index contributed by atoms with van der Waals surface area (Å²) >= 11 is 4.95. The van der Waals surface area contributed by atoms with Gasteiger partial charge in [0.05, 0.1) is 0 Å². The van der Waals surface area contributed by atoms with E-state index in [1.807, 2.05) is 0 Å². The van der Waals surface area contributed by atoms with Crippen LogP contribution in [0.15, 0.2) is 18.2 Å². The average molecular weight is 418 g/mol. The van der Waals surface area contributed by atoms with Crippen molar-refractivity contribution in [2.45, 2.75) is 0 Å². The van der Waals surface area contributed by atoms with Gasteiger partial charge in [-0.15, -0.1) is 5.69 Å². The van der Waals surface area contributed by atoms with E-state index in [-0.39, 0.29) is 29.2 Å². The molecular weight excluding hydrogens is 412 g/mol. The molecule has 0 saturated heterocycles. The molecule has 58 valence electrons. The van der Waals surface area contributed by atoms with E-state index in [1.165, 1.54) is 0 Å². The van der Waals surface area contributed by atoms with Gasteiger partial charge in [0.25, 0.3) is 33.0 Å². The average Bonchev–Trinajstić information content (AvgIpc) is 1.85. The van der Waals surface area contributed by atoms with Crippen LogP contribution in [0, 0.1) is 29.2 Å². The molecule has 1 aromatic rings. The van der Waals surface area contributed by atoms with Gasteiger partial charge in [0, 0.05) is 34.9 Å². The van der Waals surface area contributed by atoms with Crippen molar-refractivity contribution < 1.29 is 29.2 Å². The Morgan fingerprint density at radius 2 is 1.83 bits per heavy atom. The molecule has 0 spiro atoms. The van der Waals surface area contributed by atoms with Crippen LogP contribution in [-0.4, -0.2) is 33.0 Å². The number of benzene rings is 1. The summed E-state index contributed by atoms with van der Waals surface area (Å²) in [5.41, 5.74) is 14.8. The molecule has 1 aromatic carbocycles. The van der Waals surface area contributed by atoms with E-state index in [0.717, 1.165) is 5.69 Å². The van der Waals surface area contributed by atoms with Crippen molar-refractivity contribution in [3.05, 3.63) is 23.9 Å². The molecule has 0 aromatic heterocycles. The van der Waals surface area contributed by atoms with Crippen molar-refractivity contribution in [2.24, 2.45) is 0 Å². The summed E-state index contributed by atoms with van der Waals surface area (Å²) in [4.78, 5) is 0. The largest absolute Gasteiger partial charge is 0.699 e. The van der Waals surface area contributed by atoms with Gasteiger partial charge in [0.15, 0.2) is 0 Å². The van der Waals surface area contributed by atoms with Crippen LogP contribution in [0.2, 0.25) is 0 Å². The van der Waals surface area contributed by atoms with Gasteiger partial charge in [-0.3, -0.25) is 0 Å². The maximum atomic E-state index is 7.34. The summed E-state index contributed by atoms with van der Waals surface area (Å²) in [5, 5.41) is 0. The first-order chi connectivity index (χ1) is 5.09. The third-order valence-corrected chi connectivity index (χ3v) is 1.83. The molecule has 0 aliphatic carbocycles. The van der Waals surface area contributed by atoms with Crippen LogP contribution in [0.3, 0.4) is 0 Å². The molecule has 0 unspecified atom stereocenters. The number of nitrogens with zero attached hydrogens (tertiary/aromatic N) is 1. The second kappa shape index (κ2) is 5.41. The molecule has 0 aliphatic rings. The Kier molecular flexibility index (Phi) is 5.72. The van der Waals surface area contributed by atoms with E-state index in [4.69, 9.17) is 11.5 Å². The first-order valence-corrected chi connectivity index (χ1v) is 4.04. The van der Waals surface area contributed by atoms with Crippen LogP contribution in [0.5, 0.6) is 0 Å². The van der Waals surface area contributed by atoms with Crippen molar-refractivity contribution in [1.29, 1.82) is 0 Å². The number of anilines is 2. The minimum atomic E-state index is 0.